The zero-order chi connectivity index (χ0) is 14.7. The van der Waals surface area contributed by atoms with Crippen molar-refractivity contribution in [3.8, 4) is 5.75 Å². The maximum absolute atomic E-state index is 13.8. The molecule has 0 atom stereocenters. The van der Waals surface area contributed by atoms with Gasteiger partial charge in [0, 0.05) is 5.56 Å². The predicted octanol–water partition coefficient (Wildman–Crippen LogP) is 3.31. The Morgan fingerprint density at radius 2 is 1.95 bits per heavy atom. The Labute approximate surface area is 117 Å². The molecule has 3 N–H and O–H groups in total. The fourth-order valence-corrected chi connectivity index (χ4v) is 1.90. The standard InChI is InChI=1S/C16H17FN2O/c1-10-3-4-11(2)13(7-10)9-20-15-6-5-12(16(18)19)8-14(15)17/h3-8H,9H2,1-2H3,(H3,18,19). The number of rotatable bonds is 4. The molecule has 104 valence electrons. The molecule has 0 bridgehead atoms. The molecule has 0 aliphatic heterocycles. The molecule has 0 radical (unpaired) electrons. The van der Waals surface area contributed by atoms with E-state index >= 15 is 0 Å². The van der Waals surface area contributed by atoms with Crippen LogP contribution in [0.25, 0.3) is 0 Å². The lowest BCUT2D eigenvalue weighted by molar-refractivity contribution is 0.289. The van der Waals surface area contributed by atoms with Crippen molar-refractivity contribution in [1.82, 2.24) is 0 Å². The largest absolute Gasteiger partial charge is 0.486 e. The SMILES string of the molecule is Cc1ccc(C)c(COc2ccc(C(=N)N)cc2F)c1. The van der Waals surface area contributed by atoms with E-state index in [0.717, 1.165) is 16.7 Å². The van der Waals surface area contributed by atoms with Crippen LogP contribution in [0.1, 0.15) is 22.3 Å². The molecule has 0 heterocycles. The minimum Gasteiger partial charge on any atom is -0.486 e. The molecule has 2 aromatic rings. The van der Waals surface area contributed by atoms with Crippen molar-refractivity contribution in [3.05, 3.63) is 64.5 Å². The molecule has 0 aliphatic carbocycles. The van der Waals surface area contributed by atoms with E-state index in [1.807, 2.05) is 32.0 Å². The number of hydrogen-bond donors (Lipinski definition) is 2. The van der Waals surface area contributed by atoms with Crippen LogP contribution in [0.2, 0.25) is 0 Å². The van der Waals surface area contributed by atoms with Gasteiger partial charge in [0.1, 0.15) is 12.4 Å². The Hall–Kier alpha value is -2.36. The first kappa shape index (κ1) is 14.1. The van der Waals surface area contributed by atoms with E-state index in [1.54, 1.807) is 6.07 Å². The third kappa shape index (κ3) is 3.15. The zero-order valence-electron chi connectivity index (χ0n) is 11.5. The lowest BCUT2D eigenvalue weighted by Crippen LogP contribution is -2.11. The van der Waals surface area contributed by atoms with Crippen LogP contribution in [0.3, 0.4) is 0 Å². The number of halogens is 1. The lowest BCUT2D eigenvalue weighted by Gasteiger charge is -2.11. The number of nitrogen functional groups attached to an aromatic ring is 1. The van der Waals surface area contributed by atoms with Gasteiger partial charge in [0.15, 0.2) is 11.6 Å². The van der Waals surface area contributed by atoms with Gasteiger partial charge in [-0.05, 0) is 43.2 Å². The van der Waals surface area contributed by atoms with Crippen LogP contribution in [0, 0.1) is 25.1 Å². The lowest BCUT2D eigenvalue weighted by atomic mass is 10.1. The molecule has 0 aliphatic rings. The quantitative estimate of drug-likeness (QED) is 0.662. The van der Waals surface area contributed by atoms with Crippen molar-refractivity contribution in [2.75, 3.05) is 0 Å². The number of nitrogens with two attached hydrogens (primary N) is 1. The molecule has 0 saturated carbocycles. The van der Waals surface area contributed by atoms with Crippen molar-refractivity contribution < 1.29 is 9.13 Å². The van der Waals surface area contributed by atoms with Gasteiger partial charge < -0.3 is 10.5 Å². The normalized spacial score (nSPS) is 10.3. The Morgan fingerprint density at radius 1 is 1.20 bits per heavy atom. The summed E-state index contributed by atoms with van der Waals surface area (Å²) >= 11 is 0. The Bertz CT molecular complexity index is 653. The highest BCUT2D eigenvalue weighted by molar-refractivity contribution is 5.95. The summed E-state index contributed by atoms with van der Waals surface area (Å²) in [6.45, 7) is 4.31. The molecule has 0 spiro atoms. The van der Waals surface area contributed by atoms with Gasteiger partial charge >= 0.3 is 0 Å². The number of aryl methyl sites for hydroxylation is 2. The highest BCUT2D eigenvalue weighted by Gasteiger charge is 2.07. The molecule has 0 amide bonds. The summed E-state index contributed by atoms with van der Waals surface area (Å²) in [5.41, 5.74) is 8.93. The fourth-order valence-electron chi connectivity index (χ4n) is 1.90. The van der Waals surface area contributed by atoms with E-state index < -0.39 is 5.82 Å². The molecule has 0 saturated heterocycles. The highest BCUT2D eigenvalue weighted by atomic mass is 19.1. The molecular formula is C16H17FN2O. The van der Waals surface area contributed by atoms with Gasteiger partial charge in [0.2, 0.25) is 0 Å². The second-order valence-corrected chi connectivity index (χ2v) is 4.78. The summed E-state index contributed by atoms with van der Waals surface area (Å²) in [6.07, 6.45) is 0. The van der Waals surface area contributed by atoms with Gasteiger partial charge in [-0.2, -0.15) is 0 Å². The summed E-state index contributed by atoms with van der Waals surface area (Å²) < 4.78 is 19.3. The van der Waals surface area contributed by atoms with Gasteiger partial charge in [-0.25, -0.2) is 4.39 Å². The molecule has 2 rings (SSSR count). The zero-order valence-corrected chi connectivity index (χ0v) is 11.5. The van der Waals surface area contributed by atoms with Crippen LogP contribution < -0.4 is 10.5 Å². The number of hydrogen-bond acceptors (Lipinski definition) is 2. The summed E-state index contributed by atoms with van der Waals surface area (Å²) in [5, 5.41) is 7.26. The third-order valence-corrected chi connectivity index (χ3v) is 3.13. The second-order valence-electron chi connectivity index (χ2n) is 4.78. The predicted molar refractivity (Wildman–Crippen MR) is 77.7 cm³/mol. The van der Waals surface area contributed by atoms with Gasteiger partial charge in [-0.3, -0.25) is 5.41 Å². The average Bonchev–Trinajstić information content (AvgIpc) is 2.40. The van der Waals surface area contributed by atoms with Gasteiger partial charge in [0.25, 0.3) is 0 Å². The topological polar surface area (TPSA) is 59.1 Å². The molecule has 20 heavy (non-hydrogen) atoms. The first-order chi connectivity index (χ1) is 9.47. The monoisotopic (exact) mass is 272 g/mol. The summed E-state index contributed by atoms with van der Waals surface area (Å²) in [7, 11) is 0. The number of ether oxygens (including phenoxy) is 1. The molecule has 3 nitrogen and oxygen atoms in total. The minimum atomic E-state index is -0.511. The second kappa shape index (κ2) is 5.74. The maximum atomic E-state index is 13.8. The smallest absolute Gasteiger partial charge is 0.165 e. The maximum Gasteiger partial charge on any atom is 0.165 e. The van der Waals surface area contributed by atoms with Gasteiger partial charge in [-0.1, -0.05) is 23.8 Å². The van der Waals surface area contributed by atoms with Crippen LogP contribution in [-0.4, -0.2) is 5.84 Å². The van der Waals surface area contributed by atoms with Crippen molar-refractivity contribution in [3.63, 3.8) is 0 Å². The first-order valence-corrected chi connectivity index (χ1v) is 6.30. The van der Waals surface area contributed by atoms with Crippen molar-refractivity contribution >= 4 is 5.84 Å². The van der Waals surface area contributed by atoms with Crippen molar-refractivity contribution in [2.45, 2.75) is 20.5 Å². The van der Waals surface area contributed by atoms with Crippen molar-refractivity contribution in [2.24, 2.45) is 5.73 Å². The average molecular weight is 272 g/mol. The number of amidine groups is 1. The fraction of sp³-hybridized carbons (Fsp3) is 0.188. The summed E-state index contributed by atoms with van der Waals surface area (Å²) in [5.74, 6) is -0.510. The van der Waals surface area contributed by atoms with Crippen LogP contribution in [0.15, 0.2) is 36.4 Å². The Morgan fingerprint density at radius 3 is 2.60 bits per heavy atom. The van der Waals surface area contributed by atoms with E-state index in [1.165, 1.54) is 12.1 Å². The third-order valence-electron chi connectivity index (χ3n) is 3.13. The van der Waals surface area contributed by atoms with Crippen LogP contribution in [0.5, 0.6) is 5.75 Å². The van der Waals surface area contributed by atoms with Gasteiger partial charge in [-0.15, -0.1) is 0 Å². The van der Waals surface area contributed by atoms with Gasteiger partial charge in [0.05, 0.1) is 0 Å². The minimum absolute atomic E-state index is 0.162. The molecule has 2 aromatic carbocycles. The molecule has 0 unspecified atom stereocenters. The van der Waals surface area contributed by atoms with E-state index in [2.05, 4.69) is 0 Å². The summed E-state index contributed by atoms with van der Waals surface area (Å²) in [6, 6.07) is 10.4. The molecule has 0 fully saturated rings. The summed E-state index contributed by atoms with van der Waals surface area (Å²) in [4.78, 5) is 0. The number of nitrogens with one attached hydrogen (secondary N) is 1. The van der Waals surface area contributed by atoms with E-state index in [0.29, 0.717) is 12.2 Å². The van der Waals surface area contributed by atoms with Crippen LogP contribution in [-0.2, 0) is 6.61 Å². The first-order valence-electron chi connectivity index (χ1n) is 6.30. The highest BCUT2D eigenvalue weighted by Crippen LogP contribution is 2.20. The Kier molecular flexibility index (Phi) is 4.03. The van der Waals surface area contributed by atoms with E-state index in [-0.39, 0.29) is 11.6 Å². The van der Waals surface area contributed by atoms with Crippen molar-refractivity contribution in [1.29, 1.82) is 5.41 Å². The number of benzene rings is 2. The van der Waals surface area contributed by atoms with Crippen LogP contribution >= 0.6 is 0 Å². The van der Waals surface area contributed by atoms with Crippen LogP contribution in [0.4, 0.5) is 4.39 Å². The van der Waals surface area contributed by atoms with E-state index in [4.69, 9.17) is 15.9 Å². The molecular weight excluding hydrogens is 255 g/mol. The van der Waals surface area contributed by atoms with E-state index in [9.17, 15) is 4.39 Å². The molecule has 0 aromatic heterocycles. The Balaban J connectivity index is 2.15. The molecule has 4 heteroatoms.